The number of hydrogen-bond donors (Lipinski definition) is 0. The predicted molar refractivity (Wildman–Crippen MR) is 333 cm³/mol. The number of benzene rings is 10. The number of allylic oxidation sites excluding steroid dienone is 4. The monoisotopic (exact) mass is 1010 g/mol. The fourth-order valence-corrected chi connectivity index (χ4v) is 14.0. The molecule has 0 spiro atoms. The van der Waals surface area contributed by atoms with Crippen LogP contribution in [0.4, 0.5) is 17.1 Å². The van der Waals surface area contributed by atoms with Crippen LogP contribution in [0, 0.1) is 5.92 Å². The van der Waals surface area contributed by atoms with E-state index < -0.39 is 0 Å². The fourth-order valence-electron chi connectivity index (χ4n) is 12.8. The first-order chi connectivity index (χ1) is 37.3. The van der Waals surface area contributed by atoms with Gasteiger partial charge in [0.05, 0.1) is 17.1 Å². The minimum Gasteiger partial charge on any atom is -0.309 e. The summed E-state index contributed by atoms with van der Waals surface area (Å²) in [6.45, 7) is 18.9. The van der Waals surface area contributed by atoms with Gasteiger partial charge in [-0.05, 0) is 126 Å². The molecule has 0 bridgehead atoms. The molecule has 0 amide bonds. The number of fused-ring (bicyclic) bond motifs is 6. The molecule has 2 unspecified atom stereocenters. The van der Waals surface area contributed by atoms with Gasteiger partial charge in [-0.15, -0.1) is 11.3 Å². The van der Waals surface area contributed by atoms with Gasteiger partial charge in [0.25, 0.3) is 0 Å². The maximum Gasteiger partial charge on any atom is 0.0541 e. The van der Waals surface area contributed by atoms with E-state index in [1.165, 1.54) is 114 Å². The van der Waals surface area contributed by atoms with Gasteiger partial charge < -0.3 is 4.90 Å². The van der Waals surface area contributed by atoms with Gasteiger partial charge in [0, 0.05) is 47.8 Å². The molecule has 77 heavy (non-hydrogen) atoms. The van der Waals surface area contributed by atoms with E-state index in [2.05, 4.69) is 291 Å². The van der Waals surface area contributed by atoms with Crippen molar-refractivity contribution in [3.05, 3.63) is 264 Å². The largest absolute Gasteiger partial charge is 0.309 e. The number of rotatable bonds is 8. The van der Waals surface area contributed by atoms with Crippen molar-refractivity contribution >= 4 is 64.9 Å². The molecular weight excluding hydrogens is 947 g/mol. The van der Waals surface area contributed by atoms with E-state index in [9.17, 15) is 0 Å². The van der Waals surface area contributed by atoms with Crippen LogP contribution in [0.25, 0.3) is 81.0 Å². The van der Waals surface area contributed by atoms with Crippen LogP contribution < -0.4 is 4.90 Å². The van der Waals surface area contributed by atoms with Crippen LogP contribution in [0.3, 0.4) is 0 Å². The Morgan fingerprint density at radius 3 is 1.65 bits per heavy atom. The van der Waals surface area contributed by atoms with Crippen molar-refractivity contribution in [2.75, 3.05) is 4.90 Å². The molecule has 0 fully saturated rings. The summed E-state index contributed by atoms with van der Waals surface area (Å²) in [7, 11) is 0. The van der Waals surface area contributed by atoms with Crippen molar-refractivity contribution in [3.63, 3.8) is 0 Å². The van der Waals surface area contributed by atoms with Crippen LogP contribution in [0.15, 0.2) is 236 Å². The van der Waals surface area contributed by atoms with Crippen molar-refractivity contribution in [1.29, 1.82) is 0 Å². The van der Waals surface area contributed by atoms with Gasteiger partial charge in [-0.25, -0.2) is 0 Å². The highest BCUT2D eigenvalue weighted by molar-refractivity contribution is 7.26. The molecule has 2 aliphatic carbocycles. The molecule has 0 aliphatic heterocycles. The number of nitrogens with zero attached hydrogens (tertiary/aromatic N) is 1. The van der Waals surface area contributed by atoms with Crippen molar-refractivity contribution < 1.29 is 0 Å². The minimum absolute atomic E-state index is 0.0275. The topological polar surface area (TPSA) is 3.24 Å². The quantitative estimate of drug-likeness (QED) is 0.147. The Bertz CT molecular complexity index is 4150. The summed E-state index contributed by atoms with van der Waals surface area (Å²) in [5.41, 5.74) is 22.4. The molecule has 0 radical (unpaired) electrons. The average molecular weight is 1010 g/mol. The highest BCUT2D eigenvalue weighted by Gasteiger charge is 2.44. The Hall–Kier alpha value is -8.04. The second kappa shape index (κ2) is 18.6. The summed E-state index contributed by atoms with van der Waals surface area (Å²) < 4.78 is 2.60. The van der Waals surface area contributed by atoms with E-state index in [4.69, 9.17) is 0 Å². The van der Waals surface area contributed by atoms with E-state index >= 15 is 0 Å². The molecule has 2 atom stereocenters. The third-order valence-corrected chi connectivity index (χ3v) is 18.1. The number of thiophene rings is 1. The van der Waals surface area contributed by atoms with E-state index in [1.807, 2.05) is 11.3 Å². The van der Waals surface area contributed by atoms with Gasteiger partial charge in [-0.3, -0.25) is 0 Å². The van der Waals surface area contributed by atoms with Crippen molar-refractivity contribution in [2.45, 2.75) is 78.1 Å². The fraction of sp³-hybridized carbons (Fsp3) is 0.173. The van der Waals surface area contributed by atoms with Crippen LogP contribution in [0.5, 0.6) is 0 Å². The Kier molecular flexibility index (Phi) is 11.7. The maximum absolute atomic E-state index is 2.60. The van der Waals surface area contributed by atoms with E-state index in [1.54, 1.807) is 0 Å². The SMILES string of the molecule is CC1C=CC2=C(C1)C(C)(c1ccccc1)c1cccc(-c3ccccc3N(c3ccccc3-c3cccc4c3sc3ccccc34)c3ccccc3-c3cccc4cccc(-c5cc(C(C)(C)C)cc(C(C)(C)C)c5)c34)c12. The molecule has 1 heterocycles. The van der Waals surface area contributed by atoms with Crippen LogP contribution in [0.1, 0.15) is 89.6 Å². The Labute approximate surface area is 459 Å². The lowest BCUT2D eigenvalue weighted by Crippen LogP contribution is -2.25. The summed E-state index contributed by atoms with van der Waals surface area (Å²) in [5.74, 6) is 0.452. The minimum atomic E-state index is -0.274. The summed E-state index contributed by atoms with van der Waals surface area (Å²) in [6.07, 6.45) is 5.89. The third-order valence-electron chi connectivity index (χ3n) is 16.9. The second-order valence-corrected chi connectivity index (χ2v) is 24.9. The van der Waals surface area contributed by atoms with Crippen molar-refractivity contribution in [3.8, 4) is 44.5 Å². The molecule has 2 heteroatoms. The van der Waals surface area contributed by atoms with Crippen LogP contribution in [0.2, 0.25) is 0 Å². The van der Waals surface area contributed by atoms with Gasteiger partial charge in [-0.1, -0.05) is 255 Å². The van der Waals surface area contributed by atoms with Gasteiger partial charge in [0.1, 0.15) is 0 Å². The molecule has 0 saturated heterocycles. The van der Waals surface area contributed by atoms with Crippen molar-refractivity contribution in [2.24, 2.45) is 5.92 Å². The summed E-state index contributed by atoms with van der Waals surface area (Å²) >= 11 is 1.89. The first-order valence-corrected chi connectivity index (χ1v) is 28.4. The number of anilines is 3. The zero-order chi connectivity index (χ0) is 52.8. The second-order valence-electron chi connectivity index (χ2n) is 23.8. The van der Waals surface area contributed by atoms with Crippen LogP contribution >= 0.6 is 11.3 Å². The Balaban J connectivity index is 1.10. The lowest BCUT2D eigenvalue weighted by atomic mass is 9.70. The first kappa shape index (κ1) is 48.6. The van der Waals surface area contributed by atoms with E-state index in [-0.39, 0.29) is 16.2 Å². The normalized spacial score (nSPS) is 16.3. The average Bonchev–Trinajstić information content (AvgIpc) is 4.01. The molecule has 10 aromatic carbocycles. The Morgan fingerprint density at radius 1 is 0.481 bits per heavy atom. The van der Waals surface area contributed by atoms with Gasteiger partial charge >= 0.3 is 0 Å². The zero-order valence-electron chi connectivity index (χ0n) is 45.6. The summed E-state index contributed by atoms with van der Waals surface area (Å²) in [4.78, 5) is 2.60. The molecule has 0 saturated carbocycles. The van der Waals surface area contributed by atoms with Gasteiger partial charge in [-0.2, -0.15) is 0 Å². The van der Waals surface area contributed by atoms with E-state index in [0.29, 0.717) is 5.92 Å². The highest BCUT2D eigenvalue weighted by Crippen LogP contribution is 2.58. The smallest absolute Gasteiger partial charge is 0.0541 e. The number of para-hydroxylation sites is 3. The molecule has 2 aliphatic rings. The van der Waals surface area contributed by atoms with Gasteiger partial charge in [0.2, 0.25) is 0 Å². The van der Waals surface area contributed by atoms with Crippen LogP contribution in [-0.4, -0.2) is 0 Å². The molecule has 0 N–H and O–H groups in total. The third kappa shape index (κ3) is 8.11. The molecule has 11 aromatic rings. The molecule has 13 rings (SSSR count). The number of hydrogen-bond acceptors (Lipinski definition) is 2. The molecular formula is C75H65NS. The van der Waals surface area contributed by atoms with Gasteiger partial charge in [0.15, 0.2) is 0 Å². The predicted octanol–water partition coefficient (Wildman–Crippen LogP) is 21.6. The van der Waals surface area contributed by atoms with Crippen molar-refractivity contribution in [1.82, 2.24) is 0 Å². The Morgan fingerprint density at radius 2 is 0.987 bits per heavy atom. The lowest BCUT2D eigenvalue weighted by Gasteiger charge is -2.33. The highest BCUT2D eigenvalue weighted by atomic mass is 32.1. The molecule has 376 valence electrons. The molecule has 1 nitrogen and oxygen atoms in total. The summed E-state index contributed by atoms with van der Waals surface area (Å²) in [5, 5.41) is 5.06. The summed E-state index contributed by atoms with van der Waals surface area (Å²) in [6, 6.07) is 82.7. The van der Waals surface area contributed by atoms with Crippen LogP contribution in [-0.2, 0) is 16.2 Å². The lowest BCUT2D eigenvalue weighted by molar-refractivity contribution is 0.569. The maximum atomic E-state index is 2.60. The molecule has 1 aromatic heterocycles. The first-order valence-electron chi connectivity index (χ1n) is 27.6. The van der Waals surface area contributed by atoms with E-state index in [0.717, 1.165) is 23.5 Å². The standard InChI is InChI=1S/C75H65NS/c1-48-42-43-63-65(44-48)75(8,51-26-10-9-11-27-51)64-37-23-34-60(71(63)64)56-29-13-17-39-67(56)76(68-40-18-14-30-57(68)61-35-22-36-62-58-31-15-19-41-69(58)77-72(61)62)66-38-16-12-28-55(66)59-33-21-25-49-24-20-32-54(70(49)59)50-45-52(73(2,3)4)47-53(46-50)74(5,6)7/h9-43,45-48H,44H2,1-8H3. The zero-order valence-corrected chi connectivity index (χ0v) is 46.4.